The molecule has 2 N–H and O–H groups in total. The minimum absolute atomic E-state index is 0.143. The normalized spacial score (nSPS) is 9.53. The van der Waals surface area contributed by atoms with Crippen LogP contribution < -0.4 is 5.32 Å². The van der Waals surface area contributed by atoms with Gasteiger partial charge in [0.25, 0.3) is 0 Å². The van der Waals surface area contributed by atoms with Crippen LogP contribution in [0.5, 0.6) is 0 Å². The lowest BCUT2D eigenvalue weighted by Gasteiger charge is -2.01. The average molecular weight is 235 g/mol. The second-order valence-corrected chi connectivity index (χ2v) is 3.53. The van der Waals surface area contributed by atoms with Crippen LogP contribution in [0.25, 0.3) is 0 Å². The highest BCUT2D eigenvalue weighted by Gasteiger charge is 2.06. The number of hydrogen-bond acceptors (Lipinski definition) is 2. The van der Waals surface area contributed by atoms with E-state index in [1.165, 1.54) is 18.2 Å². The van der Waals surface area contributed by atoms with Crippen LogP contribution in [0.4, 0.5) is 4.39 Å². The molecule has 0 unspecified atom stereocenters. The highest BCUT2D eigenvalue weighted by molar-refractivity contribution is 5.71. The van der Waals surface area contributed by atoms with Crippen LogP contribution in [0.15, 0.2) is 18.2 Å². The van der Waals surface area contributed by atoms with Gasteiger partial charge >= 0.3 is 5.97 Å². The summed E-state index contributed by atoms with van der Waals surface area (Å²) < 4.78 is 13.0. The zero-order valence-electron chi connectivity index (χ0n) is 9.59. The monoisotopic (exact) mass is 235 g/mol. The Morgan fingerprint density at radius 2 is 2.29 bits per heavy atom. The minimum atomic E-state index is -0.949. The Bertz CT molecular complexity index is 460. The molecule has 0 heterocycles. The van der Waals surface area contributed by atoms with Crippen molar-refractivity contribution in [3.63, 3.8) is 0 Å². The van der Waals surface area contributed by atoms with Crippen molar-refractivity contribution in [2.24, 2.45) is 0 Å². The van der Waals surface area contributed by atoms with Crippen molar-refractivity contribution in [3.8, 4) is 11.8 Å². The SMILES string of the molecule is CNCCC#Cc1cc(F)ccc1CC(=O)O. The number of rotatable bonds is 4. The third-order valence-corrected chi connectivity index (χ3v) is 2.14. The van der Waals surface area contributed by atoms with Crippen molar-refractivity contribution in [3.05, 3.63) is 35.1 Å². The summed E-state index contributed by atoms with van der Waals surface area (Å²) in [6, 6.07) is 3.98. The number of carboxylic acid groups (broad SMARTS) is 1. The number of hydrogen-bond donors (Lipinski definition) is 2. The van der Waals surface area contributed by atoms with Gasteiger partial charge in [0.2, 0.25) is 0 Å². The van der Waals surface area contributed by atoms with E-state index < -0.39 is 11.8 Å². The van der Waals surface area contributed by atoms with Gasteiger partial charge in [-0.25, -0.2) is 4.39 Å². The molecule has 0 atom stereocenters. The molecule has 0 fully saturated rings. The fourth-order valence-corrected chi connectivity index (χ4v) is 1.33. The van der Waals surface area contributed by atoms with Crippen molar-refractivity contribution in [1.29, 1.82) is 0 Å². The molecule has 0 saturated heterocycles. The molecular weight excluding hydrogens is 221 g/mol. The number of halogens is 1. The van der Waals surface area contributed by atoms with Gasteiger partial charge in [-0.05, 0) is 24.7 Å². The summed E-state index contributed by atoms with van der Waals surface area (Å²) in [6.45, 7) is 0.747. The predicted molar refractivity (Wildman–Crippen MR) is 63.2 cm³/mol. The molecule has 3 nitrogen and oxygen atoms in total. The van der Waals surface area contributed by atoms with Crippen molar-refractivity contribution in [2.45, 2.75) is 12.8 Å². The first-order valence-electron chi connectivity index (χ1n) is 5.27. The van der Waals surface area contributed by atoms with E-state index in [1.807, 2.05) is 7.05 Å². The van der Waals surface area contributed by atoms with Crippen molar-refractivity contribution < 1.29 is 14.3 Å². The quantitative estimate of drug-likeness (QED) is 0.613. The van der Waals surface area contributed by atoms with E-state index in [0.29, 0.717) is 17.5 Å². The van der Waals surface area contributed by atoms with Gasteiger partial charge < -0.3 is 10.4 Å². The molecule has 1 rings (SSSR count). The van der Waals surface area contributed by atoms with Crippen LogP contribution in [0, 0.1) is 17.7 Å². The van der Waals surface area contributed by atoms with Gasteiger partial charge in [0.15, 0.2) is 0 Å². The molecule has 0 aliphatic heterocycles. The van der Waals surface area contributed by atoms with Crippen LogP contribution in [0.3, 0.4) is 0 Å². The zero-order valence-corrected chi connectivity index (χ0v) is 9.59. The average Bonchev–Trinajstić information content (AvgIpc) is 2.27. The first-order chi connectivity index (χ1) is 8.13. The number of carbonyl (C=O) groups is 1. The van der Waals surface area contributed by atoms with Gasteiger partial charge in [-0.3, -0.25) is 4.79 Å². The topological polar surface area (TPSA) is 49.3 Å². The molecule has 0 radical (unpaired) electrons. The summed E-state index contributed by atoms with van der Waals surface area (Å²) in [4.78, 5) is 10.6. The second kappa shape index (κ2) is 6.66. The van der Waals surface area contributed by atoms with Gasteiger partial charge in [0.05, 0.1) is 6.42 Å². The lowest BCUT2D eigenvalue weighted by molar-refractivity contribution is -0.136. The van der Waals surface area contributed by atoms with Crippen molar-refractivity contribution in [2.75, 3.05) is 13.6 Å². The van der Waals surface area contributed by atoms with Crippen LogP contribution >= 0.6 is 0 Å². The van der Waals surface area contributed by atoms with E-state index in [9.17, 15) is 9.18 Å². The lowest BCUT2D eigenvalue weighted by Crippen LogP contribution is -2.06. The van der Waals surface area contributed by atoms with E-state index in [-0.39, 0.29) is 6.42 Å². The van der Waals surface area contributed by atoms with Crippen LogP contribution in [-0.2, 0) is 11.2 Å². The maximum Gasteiger partial charge on any atom is 0.307 e. The largest absolute Gasteiger partial charge is 0.481 e. The Hall–Kier alpha value is -1.86. The molecule has 17 heavy (non-hydrogen) atoms. The van der Waals surface area contributed by atoms with Crippen LogP contribution in [0.2, 0.25) is 0 Å². The summed E-state index contributed by atoms with van der Waals surface area (Å²) in [5.41, 5.74) is 0.986. The van der Waals surface area contributed by atoms with E-state index in [1.54, 1.807) is 0 Å². The minimum Gasteiger partial charge on any atom is -0.481 e. The Kier molecular flexibility index (Phi) is 5.18. The van der Waals surface area contributed by atoms with E-state index >= 15 is 0 Å². The van der Waals surface area contributed by atoms with E-state index in [4.69, 9.17) is 5.11 Å². The molecule has 0 bridgehead atoms. The highest BCUT2D eigenvalue weighted by Crippen LogP contribution is 2.11. The molecule has 0 aliphatic carbocycles. The van der Waals surface area contributed by atoms with Gasteiger partial charge in [-0.1, -0.05) is 17.9 Å². The maximum absolute atomic E-state index is 13.0. The summed E-state index contributed by atoms with van der Waals surface area (Å²) in [5, 5.41) is 11.7. The summed E-state index contributed by atoms with van der Waals surface area (Å²) in [5.74, 6) is 4.32. The third-order valence-electron chi connectivity index (χ3n) is 2.14. The maximum atomic E-state index is 13.0. The number of nitrogens with one attached hydrogen (secondary N) is 1. The van der Waals surface area contributed by atoms with Crippen LogP contribution in [0.1, 0.15) is 17.5 Å². The third kappa shape index (κ3) is 4.66. The van der Waals surface area contributed by atoms with Crippen LogP contribution in [-0.4, -0.2) is 24.7 Å². The van der Waals surface area contributed by atoms with Gasteiger partial charge in [-0.15, -0.1) is 0 Å². The Labute approximate surface area is 99.7 Å². The van der Waals surface area contributed by atoms with Gasteiger partial charge in [0, 0.05) is 18.5 Å². The first kappa shape index (κ1) is 13.2. The molecule has 90 valence electrons. The summed E-state index contributed by atoms with van der Waals surface area (Å²) >= 11 is 0. The smallest absolute Gasteiger partial charge is 0.307 e. The Morgan fingerprint density at radius 3 is 2.94 bits per heavy atom. The summed E-state index contributed by atoms with van der Waals surface area (Å²) in [6.07, 6.45) is 0.496. The predicted octanol–water partition coefficient (Wildman–Crippen LogP) is 1.41. The summed E-state index contributed by atoms with van der Waals surface area (Å²) in [7, 11) is 1.82. The number of aliphatic carboxylic acids is 1. The number of carboxylic acids is 1. The first-order valence-corrected chi connectivity index (χ1v) is 5.27. The zero-order chi connectivity index (χ0) is 12.7. The fraction of sp³-hybridized carbons (Fsp3) is 0.308. The molecule has 0 amide bonds. The molecule has 1 aromatic carbocycles. The molecule has 4 heteroatoms. The van der Waals surface area contributed by atoms with E-state index in [0.717, 1.165) is 6.54 Å². The van der Waals surface area contributed by atoms with Crippen molar-refractivity contribution in [1.82, 2.24) is 5.32 Å². The molecule has 0 aromatic heterocycles. The molecule has 1 aromatic rings. The van der Waals surface area contributed by atoms with Crippen molar-refractivity contribution >= 4 is 5.97 Å². The second-order valence-electron chi connectivity index (χ2n) is 3.53. The standard InChI is InChI=1S/C13H14FNO2/c1-15-7-3-2-4-10-8-12(14)6-5-11(10)9-13(16)17/h5-6,8,15H,3,7,9H2,1H3,(H,16,17). The van der Waals surface area contributed by atoms with E-state index in [2.05, 4.69) is 17.2 Å². The fourth-order valence-electron chi connectivity index (χ4n) is 1.33. The molecule has 0 spiro atoms. The highest BCUT2D eigenvalue weighted by atomic mass is 19.1. The molecule has 0 saturated carbocycles. The van der Waals surface area contributed by atoms with Gasteiger partial charge in [-0.2, -0.15) is 0 Å². The molecular formula is C13H14FNO2. The Morgan fingerprint density at radius 1 is 1.53 bits per heavy atom. The lowest BCUT2D eigenvalue weighted by atomic mass is 10.0. The number of benzene rings is 1. The molecule has 0 aliphatic rings. The van der Waals surface area contributed by atoms with Gasteiger partial charge in [0.1, 0.15) is 5.82 Å². The Balaban J connectivity index is 2.89.